The third kappa shape index (κ3) is 5.39. The number of carboxylic acid groups (broad SMARTS) is 1. The van der Waals surface area contributed by atoms with Crippen molar-refractivity contribution < 1.29 is 19.4 Å². The Hall–Kier alpha value is -2.84. The summed E-state index contributed by atoms with van der Waals surface area (Å²) in [7, 11) is 0. The fourth-order valence-electron chi connectivity index (χ4n) is 4.23. The predicted octanol–water partition coefficient (Wildman–Crippen LogP) is 3.39. The van der Waals surface area contributed by atoms with Gasteiger partial charge in [0, 0.05) is 41.6 Å². The van der Waals surface area contributed by atoms with Gasteiger partial charge in [0.25, 0.3) is 0 Å². The van der Waals surface area contributed by atoms with Crippen LogP contribution in [-0.4, -0.2) is 58.4 Å². The van der Waals surface area contributed by atoms with Gasteiger partial charge >= 0.3 is 5.97 Å². The fraction of sp³-hybridized carbons (Fsp3) is 0.400. The van der Waals surface area contributed by atoms with Gasteiger partial charge in [0.2, 0.25) is 0 Å². The maximum atomic E-state index is 13.1. The number of hydrogen-bond donors (Lipinski definition) is 2. The highest BCUT2D eigenvalue weighted by molar-refractivity contribution is 7.99. The molecular weight excluding hydrogens is 438 g/mol. The molecule has 8 heteroatoms. The van der Waals surface area contributed by atoms with Crippen LogP contribution in [-0.2, 0) is 11.2 Å². The van der Waals surface area contributed by atoms with Crippen LogP contribution in [0.5, 0.6) is 5.75 Å². The molecular formula is C25H29N3O4S. The van der Waals surface area contributed by atoms with E-state index in [-0.39, 0.29) is 18.1 Å². The van der Waals surface area contributed by atoms with Crippen LogP contribution in [0.4, 0.5) is 0 Å². The molecule has 33 heavy (non-hydrogen) atoms. The molecule has 2 atom stereocenters. The van der Waals surface area contributed by atoms with Crippen molar-refractivity contribution in [1.82, 2.24) is 5.01 Å². The van der Waals surface area contributed by atoms with Crippen molar-refractivity contribution in [2.75, 3.05) is 24.6 Å². The van der Waals surface area contributed by atoms with Crippen molar-refractivity contribution in [2.24, 2.45) is 16.8 Å². The molecule has 1 saturated heterocycles. The van der Waals surface area contributed by atoms with E-state index in [1.807, 2.05) is 37.0 Å². The molecule has 174 valence electrons. The summed E-state index contributed by atoms with van der Waals surface area (Å²) < 4.78 is 6.00. The lowest BCUT2D eigenvalue weighted by molar-refractivity contribution is -0.141. The van der Waals surface area contributed by atoms with Gasteiger partial charge in [-0.1, -0.05) is 31.2 Å². The van der Waals surface area contributed by atoms with E-state index in [2.05, 4.69) is 10.1 Å². The molecule has 0 saturated carbocycles. The van der Waals surface area contributed by atoms with E-state index in [1.54, 1.807) is 30.3 Å². The molecule has 3 N–H and O–H groups in total. The maximum absolute atomic E-state index is 13.1. The first kappa shape index (κ1) is 23.3. The number of fused-ring (bicyclic) bond motifs is 1. The number of hydrogen-bond acceptors (Lipinski definition) is 7. The van der Waals surface area contributed by atoms with Crippen LogP contribution in [0.3, 0.4) is 0 Å². The molecule has 1 fully saturated rings. The summed E-state index contributed by atoms with van der Waals surface area (Å²) in [4.78, 5) is 24.4. The summed E-state index contributed by atoms with van der Waals surface area (Å²) in [5.41, 5.74) is 8.23. The average Bonchev–Trinajstić information content (AvgIpc) is 2.83. The van der Waals surface area contributed by atoms with Gasteiger partial charge in [-0.15, -0.1) is 0 Å². The largest absolute Gasteiger partial charge is 0.481 e. The minimum Gasteiger partial charge on any atom is -0.481 e. The van der Waals surface area contributed by atoms with Gasteiger partial charge in [0.05, 0.1) is 12.6 Å². The van der Waals surface area contributed by atoms with Gasteiger partial charge in [-0.2, -0.15) is 16.9 Å². The molecule has 7 nitrogen and oxygen atoms in total. The van der Waals surface area contributed by atoms with E-state index in [4.69, 9.17) is 10.5 Å². The molecule has 0 bridgehead atoms. The predicted molar refractivity (Wildman–Crippen MR) is 130 cm³/mol. The lowest BCUT2D eigenvalue weighted by Crippen LogP contribution is -2.55. The topological polar surface area (TPSA) is 105 Å². The fourth-order valence-corrected chi connectivity index (χ4v) is 5.11. The van der Waals surface area contributed by atoms with Crippen LogP contribution in [0.2, 0.25) is 0 Å². The van der Waals surface area contributed by atoms with Crippen LogP contribution in [0.15, 0.2) is 47.6 Å². The number of hydrazone groups is 1. The minimum absolute atomic E-state index is 0.0821. The lowest BCUT2D eigenvalue weighted by Gasteiger charge is -2.41. The van der Waals surface area contributed by atoms with E-state index in [0.717, 1.165) is 35.7 Å². The zero-order valence-corrected chi connectivity index (χ0v) is 19.5. The van der Waals surface area contributed by atoms with E-state index in [1.165, 1.54) is 0 Å². The molecule has 2 aliphatic heterocycles. The number of carbonyl (C=O) groups excluding carboxylic acids is 1. The standard InChI is InChI=1S/C25H29N3O4S/c1-2-25(26)21(15-23(29)30)14-20-13-19(7-8-22(20)32-25)24(31)18-5-3-17(4-6-18)16-27-28-9-11-33-12-10-28/h3-8,13,16,21H,2,9-12,14-15,26H2,1H3,(H,29,30). The van der Waals surface area contributed by atoms with Gasteiger partial charge in [0.15, 0.2) is 11.5 Å². The molecule has 2 aromatic carbocycles. The van der Waals surface area contributed by atoms with E-state index < -0.39 is 11.7 Å². The van der Waals surface area contributed by atoms with Crippen molar-refractivity contribution in [3.05, 3.63) is 64.7 Å². The third-order valence-electron chi connectivity index (χ3n) is 6.28. The Morgan fingerprint density at radius 2 is 1.91 bits per heavy atom. The third-order valence-corrected chi connectivity index (χ3v) is 7.23. The molecule has 2 aromatic rings. The van der Waals surface area contributed by atoms with Crippen molar-refractivity contribution in [2.45, 2.75) is 31.9 Å². The summed E-state index contributed by atoms with van der Waals surface area (Å²) in [5, 5.41) is 15.9. The summed E-state index contributed by atoms with van der Waals surface area (Å²) in [6.45, 7) is 3.80. The Morgan fingerprint density at radius 3 is 2.58 bits per heavy atom. The minimum atomic E-state index is -1.03. The molecule has 0 spiro atoms. The molecule has 0 aromatic heterocycles. The van der Waals surface area contributed by atoms with Gasteiger partial charge in [0.1, 0.15) is 5.75 Å². The van der Waals surface area contributed by atoms with Gasteiger partial charge < -0.3 is 9.84 Å². The number of ketones is 1. The van der Waals surface area contributed by atoms with Crippen LogP contribution in [0, 0.1) is 5.92 Å². The van der Waals surface area contributed by atoms with Gasteiger partial charge in [-0.25, -0.2) is 0 Å². The first-order chi connectivity index (χ1) is 15.9. The SMILES string of the molecule is CCC1(N)Oc2ccc(C(=O)c3ccc(C=NN4CCSCC4)cc3)cc2CC1CC(=O)O. The highest BCUT2D eigenvalue weighted by Crippen LogP contribution is 2.38. The number of nitrogens with zero attached hydrogens (tertiary/aromatic N) is 2. The Balaban J connectivity index is 1.49. The van der Waals surface area contributed by atoms with Gasteiger partial charge in [-0.3, -0.25) is 20.3 Å². The maximum Gasteiger partial charge on any atom is 0.303 e. The second-order valence-electron chi connectivity index (χ2n) is 8.49. The number of rotatable bonds is 7. The smallest absolute Gasteiger partial charge is 0.303 e. The number of carbonyl (C=O) groups is 2. The molecule has 2 unspecified atom stereocenters. The highest BCUT2D eigenvalue weighted by Gasteiger charge is 2.41. The second kappa shape index (κ2) is 9.97. The molecule has 2 aliphatic rings. The lowest BCUT2D eigenvalue weighted by atomic mass is 9.82. The molecule has 0 amide bonds. The number of nitrogens with two attached hydrogens (primary N) is 1. The molecule has 2 heterocycles. The number of benzene rings is 2. The monoisotopic (exact) mass is 467 g/mol. The number of carboxylic acids is 1. The van der Waals surface area contributed by atoms with Crippen LogP contribution in [0.1, 0.15) is 46.8 Å². The van der Waals surface area contributed by atoms with Crippen LogP contribution < -0.4 is 10.5 Å². The quantitative estimate of drug-likeness (QED) is 0.475. The van der Waals surface area contributed by atoms with Crippen molar-refractivity contribution in [3.8, 4) is 5.75 Å². The van der Waals surface area contributed by atoms with Crippen molar-refractivity contribution in [3.63, 3.8) is 0 Å². The average molecular weight is 468 g/mol. The molecule has 0 radical (unpaired) electrons. The van der Waals surface area contributed by atoms with Crippen molar-refractivity contribution >= 4 is 29.7 Å². The number of thioether (sulfide) groups is 1. The van der Waals surface area contributed by atoms with Crippen LogP contribution in [0.25, 0.3) is 0 Å². The first-order valence-corrected chi connectivity index (χ1v) is 12.4. The molecule has 0 aliphatic carbocycles. The Morgan fingerprint density at radius 1 is 1.21 bits per heavy atom. The zero-order valence-electron chi connectivity index (χ0n) is 18.7. The Bertz CT molecular complexity index is 1050. The van der Waals surface area contributed by atoms with E-state index >= 15 is 0 Å². The second-order valence-corrected chi connectivity index (χ2v) is 9.72. The number of aliphatic carboxylic acids is 1. The Kier molecular flexibility index (Phi) is 7.05. The summed E-state index contributed by atoms with van der Waals surface area (Å²) in [5.74, 6) is 1.43. The van der Waals surface area contributed by atoms with E-state index in [0.29, 0.717) is 29.7 Å². The van der Waals surface area contributed by atoms with Crippen molar-refractivity contribution in [1.29, 1.82) is 0 Å². The normalized spacial score (nSPS) is 22.6. The van der Waals surface area contributed by atoms with E-state index in [9.17, 15) is 14.7 Å². The first-order valence-electron chi connectivity index (χ1n) is 11.2. The summed E-state index contributed by atoms with van der Waals surface area (Å²) in [6, 6.07) is 12.7. The molecule has 4 rings (SSSR count). The summed E-state index contributed by atoms with van der Waals surface area (Å²) >= 11 is 1.94. The highest BCUT2D eigenvalue weighted by atomic mass is 32.2. The summed E-state index contributed by atoms with van der Waals surface area (Å²) in [6.07, 6.45) is 2.70. The van der Waals surface area contributed by atoms with Crippen LogP contribution >= 0.6 is 11.8 Å². The number of ether oxygens (including phenoxy) is 1. The zero-order chi connectivity index (χ0) is 23.4. The Labute approximate surface area is 198 Å². The van der Waals surface area contributed by atoms with Gasteiger partial charge in [-0.05, 0) is 42.2 Å².